The Morgan fingerprint density at radius 3 is 2.43 bits per heavy atom. The van der Waals surface area contributed by atoms with E-state index in [9.17, 15) is 14.0 Å². The molecule has 2 amide bonds. The second kappa shape index (κ2) is 8.24. The lowest BCUT2D eigenvalue weighted by atomic mass is 10.1. The number of carboxylic acids is 1. The average Bonchev–Trinajstić information content (AvgIpc) is 2.41. The van der Waals surface area contributed by atoms with Gasteiger partial charge in [-0.15, -0.1) is 0 Å². The molecule has 1 rings (SSSR count). The van der Waals surface area contributed by atoms with E-state index in [4.69, 9.17) is 5.11 Å². The Hall–Kier alpha value is -2.11. The summed E-state index contributed by atoms with van der Waals surface area (Å²) in [7, 11) is 0. The number of carbonyl (C=O) groups is 2. The molecule has 5 nitrogen and oxygen atoms in total. The molecule has 116 valence electrons. The van der Waals surface area contributed by atoms with Crippen LogP contribution in [0.1, 0.15) is 25.8 Å². The molecule has 1 aromatic carbocycles. The van der Waals surface area contributed by atoms with Crippen LogP contribution < -0.4 is 10.6 Å². The molecule has 0 fully saturated rings. The third kappa shape index (κ3) is 6.74. The fraction of sp³-hybridized carbons (Fsp3) is 0.467. The van der Waals surface area contributed by atoms with Crippen LogP contribution in [0.2, 0.25) is 0 Å². The van der Waals surface area contributed by atoms with E-state index in [1.54, 1.807) is 19.1 Å². The number of hydrogen-bond acceptors (Lipinski definition) is 2. The first-order valence-corrected chi connectivity index (χ1v) is 6.90. The lowest BCUT2D eigenvalue weighted by Crippen LogP contribution is -2.42. The van der Waals surface area contributed by atoms with Crippen molar-refractivity contribution in [1.29, 1.82) is 0 Å². The first kappa shape index (κ1) is 16.9. The highest BCUT2D eigenvalue weighted by Crippen LogP contribution is 2.05. The smallest absolute Gasteiger partial charge is 0.315 e. The number of carboxylic acid groups (broad SMARTS) is 1. The standard InChI is InChI=1S/C15H21FN2O3/c1-10(14(19)20)7-8-17-15(21)18-11(2)9-12-3-5-13(16)6-4-12/h3-6,10-11H,7-9H2,1-2H3,(H,19,20)(H2,17,18,21). The minimum atomic E-state index is -0.873. The Labute approximate surface area is 123 Å². The topological polar surface area (TPSA) is 78.4 Å². The zero-order valence-corrected chi connectivity index (χ0v) is 12.2. The van der Waals surface area contributed by atoms with Crippen molar-refractivity contribution in [1.82, 2.24) is 10.6 Å². The fourth-order valence-electron chi connectivity index (χ4n) is 1.83. The van der Waals surface area contributed by atoms with E-state index in [1.165, 1.54) is 12.1 Å². The van der Waals surface area contributed by atoms with Crippen molar-refractivity contribution in [3.05, 3.63) is 35.6 Å². The summed E-state index contributed by atoms with van der Waals surface area (Å²) in [4.78, 5) is 22.2. The monoisotopic (exact) mass is 296 g/mol. The van der Waals surface area contributed by atoms with Crippen LogP contribution in [0, 0.1) is 11.7 Å². The number of hydrogen-bond donors (Lipinski definition) is 3. The molecule has 6 heteroatoms. The first-order chi connectivity index (χ1) is 9.88. The number of amides is 2. The zero-order valence-electron chi connectivity index (χ0n) is 12.2. The maximum absolute atomic E-state index is 12.8. The number of nitrogens with one attached hydrogen (secondary N) is 2. The summed E-state index contributed by atoms with van der Waals surface area (Å²) in [6.45, 7) is 3.75. The molecule has 21 heavy (non-hydrogen) atoms. The second-order valence-corrected chi connectivity index (χ2v) is 5.16. The van der Waals surface area contributed by atoms with Crippen molar-refractivity contribution in [2.24, 2.45) is 5.92 Å². The van der Waals surface area contributed by atoms with Gasteiger partial charge < -0.3 is 15.7 Å². The highest BCUT2D eigenvalue weighted by molar-refractivity contribution is 5.74. The minimum Gasteiger partial charge on any atom is -0.481 e. The molecule has 0 aromatic heterocycles. The molecule has 0 radical (unpaired) electrons. The Morgan fingerprint density at radius 2 is 1.86 bits per heavy atom. The van der Waals surface area contributed by atoms with Gasteiger partial charge in [0, 0.05) is 12.6 Å². The zero-order chi connectivity index (χ0) is 15.8. The highest BCUT2D eigenvalue weighted by Gasteiger charge is 2.12. The van der Waals surface area contributed by atoms with E-state index >= 15 is 0 Å². The van der Waals surface area contributed by atoms with Crippen LogP contribution in [0.3, 0.4) is 0 Å². The van der Waals surface area contributed by atoms with Crippen molar-refractivity contribution in [2.45, 2.75) is 32.7 Å². The van der Waals surface area contributed by atoms with E-state index in [1.807, 2.05) is 6.92 Å². The molecule has 3 N–H and O–H groups in total. The molecule has 0 saturated carbocycles. The van der Waals surface area contributed by atoms with Gasteiger partial charge in [-0.25, -0.2) is 9.18 Å². The first-order valence-electron chi connectivity index (χ1n) is 6.90. The molecule has 1 aromatic rings. The SMILES string of the molecule is CC(Cc1ccc(F)cc1)NC(=O)NCCC(C)C(=O)O. The lowest BCUT2D eigenvalue weighted by Gasteiger charge is -2.15. The molecule has 0 heterocycles. The predicted octanol–water partition coefficient (Wildman–Crippen LogP) is 2.17. The average molecular weight is 296 g/mol. The molecule has 2 atom stereocenters. The molecular weight excluding hydrogens is 275 g/mol. The molecule has 0 bridgehead atoms. The molecule has 0 aliphatic heterocycles. The van der Waals surface area contributed by atoms with Crippen molar-refractivity contribution in [3.8, 4) is 0 Å². The quantitative estimate of drug-likeness (QED) is 0.721. The van der Waals surface area contributed by atoms with E-state index in [2.05, 4.69) is 10.6 Å². The van der Waals surface area contributed by atoms with Gasteiger partial charge in [0.1, 0.15) is 5.82 Å². The third-order valence-corrected chi connectivity index (χ3v) is 3.12. The summed E-state index contributed by atoms with van der Waals surface area (Å²) in [6, 6.07) is 5.69. The normalized spacial score (nSPS) is 13.3. The summed E-state index contributed by atoms with van der Waals surface area (Å²) in [5, 5.41) is 14.1. The maximum atomic E-state index is 12.8. The summed E-state index contributed by atoms with van der Waals surface area (Å²) >= 11 is 0. The van der Waals surface area contributed by atoms with Crippen LogP contribution in [0.4, 0.5) is 9.18 Å². The van der Waals surface area contributed by atoms with Gasteiger partial charge in [-0.05, 0) is 37.5 Å². The van der Waals surface area contributed by atoms with Gasteiger partial charge in [-0.2, -0.15) is 0 Å². The van der Waals surface area contributed by atoms with Gasteiger partial charge in [0.15, 0.2) is 0 Å². The van der Waals surface area contributed by atoms with Gasteiger partial charge in [0.2, 0.25) is 0 Å². The second-order valence-electron chi connectivity index (χ2n) is 5.16. The van der Waals surface area contributed by atoms with Crippen molar-refractivity contribution < 1.29 is 19.1 Å². The molecule has 0 aliphatic carbocycles. The molecule has 2 unspecified atom stereocenters. The number of rotatable bonds is 7. The third-order valence-electron chi connectivity index (χ3n) is 3.12. The lowest BCUT2D eigenvalue weighted by molar-refractivity contribution is -0.141. The van der Waals surface area contributed by atoms with E-state index in [-0.39, 0.29) is 17.9 Å². The maximum Gasteiger partial charge on any atom is 0.315 e. The van der Waals surface area contributed by atoms with Gasteiger partial charge in [0.25, 0.3) is 0 Å². The number of aliphatic carboxylic acids is 1. The van der Waals surface area contributed by atoms with Crippen LogP contribution in [-0.4, -0.2) is 29.7 Å². The number of urea groups is 1. The Morgan fingerprint density at radius 1 is 1.24 bits per heavy atom. The van der Waals surface area contributed by atoms with Crippen molar-refractivity contribution in [3.63, 3.8) is 0 Å². The number of benzene rings is 1. The van der Waals surface area contributed by atoms with Crippen LogP contribution in [0.5, 0.6) is 0 Å². The highest BCUT2D eigenvalue weighted by atomic mass is 19.1. The van der Waals surface area contributed by atoms with Crippen LogP contribution in [-0.2, 0) is 11.2 Å². The van der Waals surface area contributed by atoms with E-state index in [0.29, 0.717) is 19.4 Å². The van der Waals surface area contributed by atoms with Crippen LogP contribution >= 0.6 is 0 Å². The predicted molar refractivity (Wildman–Crippen MR) is 77.5 cm³/mol. The van der Waals surface area contributed by atoms with E-state index < -0.39 is 11.9 Å². The molecular formula is C15H21FN2O3. The Bertz CT molecular complexity index is 476. The van der Waals surface area contributed by atoms with Gasteiger partial charge in [0.05, 0.1) is 5.92 Å². The molecule has 0 saturated heterocycles. The molecule has 0 aliphatic rings. The van der Waals surface area contributed by atoms with Gasteiger partial charge >= 0.3 is 12.0 Å². The number of halogens is 1. The Balaban J connectivity index is 2.27. The summed E-state index contributed by atoms with van der Waals surface area (Å²) < 4.78 is 12.8. The molecule has 0 spiro atoms. The fourth-order valence-corrected chi connectivity index (χ4v) is 1.83. The van der Waals surface area contributed by atoms with Crippen LogP contribution in [0.25, 0.3) is 0 Å². The van der Waals surface area contributed by atoms with Gasteiger partial charge in [-0.1, -0.05) is 19.1 Å². The van der Waals surface area contributed by atoms with Crippen molar-refractivity contribution >= 4 is 12.0 Å². The minimum absolute atomic E-state index is 0.104. The number of carbonyl (C=O) groups excluding carboxylic acids is 1. The van der Waals surface area contributed by atoms with Crippen LogP contribution in [0.15, 0.2) is 24.3 Å². The Kier molecular flexibility index (Phi) is 6.65. The largest absolute Gasteiger partial charge is 0.481 e. The van der Waals surface area contributed by atoms with E-state index in [0.717, 1.165) is 5.56 Å². The summed E-state index contributed by atoms with van der Waals surface area (Å²) in [5.74, 6) is -1.64. The van der Waals surface area contributed by atoms with Gasteiger partial charge in [-0.3, -0.25) is 4.79 Å². The van der Waals surface area contributed by atoms with Crippen molar-refractivity contribution in [2.75, 3.05) is 6.54 Å². The summed E-state index contributed by atoms with van der Waals surface area (Å²) in [5.41, 5.74) is 0.934. The summed E-state index contributed by atoms with van der Waals surface area (Å²) in [6.07, 6.45) is 0.980.